The van der Waals surface area contributed by atoms with Gasteiger partial charge in [0.1, 0.15) is 0 Å². The first kappa shape index (κ1) is 19.9. The van der Waals surface area contributed by atoms with Gasteiger partial charge in [-0.2, -0.15) is 5.26 Å². The summed E-state index contributed by atoms with van der Waals surface area (Å²) in [6.07, 6.45) is 17.0. The van der Waals surface area contributed by atoms with Crippen LogP contribution in [-0.2, 0) is 0 Å². The van der Waals surface area contributed by atoms with Gasteiger partial charge in [0.15, 0.2) is 0 Å². The van der Waals surface area contributed by atoms with Crippen LogP contribution in [0.3, 0.4) is 0 Å². The van der Waals surface area contributed by atoms with Crippen molar-refractivity contribution in [2.24, 2.45) is 5.41 Å². The maximum absolute atomic E-state index is 10.1. The van der Waals surface area contributed by atoms with E-state index in [0.29, 0.717) is 0 Å². The van der Waals surface area contributed by atoms with E-state index >= 15 is 0 Å². The molecule has 1 atom stereocenters. The first-order valence-corrected chi connectivity index (χ1v) is 8.43. The van der Waals surface area contributed by atoms with Gasteiger partial charge in [-0.3, -0.25) is 0 Å². The molecule has 0 spiro atoms. The molecule has 128 valence electrons. The summed E-state index contributed by atoms with van der Waals surface area (Å²) in [6.45, 7) is 10.6. The molecule has 1 rings (SSSR count). The molecule has 0 saturated carbocycles. The molecule has 0 radical (unpaired) electrons. The molecule has 1 aliphatic rings. The molecule has 24 heavy (non-hydrogen) atoms. The van der Waals surface area contributed by atoms with Crippen molar-refractivity contribution in [3.63, 3.8) is 0 Å². The Morgan fingerprint density at radius 3 is 2.46 bits per heavy atom. The van der Waals surface area contributed by atoms with Crippen LogP contribution in [0.5, 0.6) is 0 Å². The van der Waals surface area contributed by atoms with Crippen molar-refractivity contribution in [1.29, 1.82) is 5.26 Å². The van der Waals surface area contributed by atoms with E-state index in [0.717, 1.165) is 29.6 Å². The summed E-state index contributed by atoms with van der Waals surface area (Å²) in [4.78, 5) is 0. The monoisotopic (exact) mass is 323 g/mol. The Balaban J connectivity index is 2.83. The van der Waals surface area contributed by atoms with E-state index in [1.165, 1.54) is 11.6 Å². The lowest BCUT2D eigenvalue weighted by atomic mass is 9.71. The third-order valence-corrected chi connectivity index (χ3v) is 4.46. The normalized spacial score (nSPS) is 22.8. The summed E-state index contributed by atoms with van der Waals surface area (Å²) in [5, 5.41) is 18.5. The van der Waals surface area contributed by atoms with E-state index in [1.807, 2.05) is 38.1 Å². The second-order valence-electron chi connectivity index (χ2n) is 7.04. The van der Waals surface area contributed by atoms with Crippen molar-refractivity contribution in [2.75, 3.05) is 0 Å². The number of hydrogen-bond acceptors (Lipinski definition) is 2. The Morgan fingerprint density at radius 1 is 1.17 bits per heavy atom. The van der Waals surface area contributed by atoms with Crippen molar-refractivity contribution in [3.8, 4) is 6.07 Å². The first-order valence-electron chi connectivity index (χ1n) is 8.43. The van der Waals surface area contributed by atoms with Crippen LogP contribution in [0.15, 0.2) is 70.9 Å². The topological polar surface area (TPSA) is 44.0 Å². The maximum atomic E-state index is 10.1. The summed E-state index contributed by atoms with van der Waals surface area (Å²) in [5.41, 5.74) is 4.69. The molecule has 0 aromatic rings. The Labute approximate surface area is 146 Å². The van der Waals surface area contributed by atoms with Gasteiger partial charge in [0.05, 0.1) is 12.2 Å². The minimum absolute atomic E-state index is 0.113. The van der Waals surface area contributed by atoms with Gasteiger partial charge in [-0.25, -0.2) is 0 Å². The predicted octanol–water partition coefficient (Wildman–Crippen LogP) is 5.57. The second-order valence-corrected chi connectivity index (χ2v) is 7.04. The summed E-state index contributed by atoms with van der Waals surface area (Å²) < 4.78 is 0. The molecule has 2 nitrogen and oxygen atoms in total. The summed E-state index contributed by atoms with van der Waals surface area (Å²) in [6, 6.07) is 1.97. The van der Waals surface area contributed by atoms with E-state index in [-0.39, 0.29) is 11.5 Å². The second kappa shape index (κ2) is 9.25. The largest absolute Gasteiger partial charge is 0.389 e. The Bertz CT molecular complexity index is 661. The molecular formula is C22H29NO. The summed E-state index contributed by atoms with van der Waals surface area (Å²) >= 11 is 0. The Morgan fingerprint density at radius 2 is 1.79 bits per heavy atom. The first-order chi connectivity index (χ1) is 11.3. The average Bonchev–Trinajstić information content (AvgIpc) is 2.51. The number of nitriles is 1. The SMILES string of the molecule is CC1=C(/C=C/C(C)=C/C=C/C(C)=C/C=C/C#N)C(C)(C)CCC1O. The van der Waals surface area contributed by atoms with Gasteiger partial charge in [-0.05, 0) is 50.2 Å². The zero-order valence-electron chi connectivity index (χ0n) is 15.5. The zero-order valence-corrected chi connectivity index (χ0v) is 15.5. The molecule has 1 aliphatic carbocycles. The van der Waals surface area contributed by atoms with Crippen LogP contribution in [0.4, 0.5) is 0 Å². The van der Waals surface area contributed by atoms with Gasteiger partial charge in [0, 0.05) is 6.08 Å². The third kappa shape index (κ3) is 6.18. The van der Waals surface area contributed by atoms with Crippen molar-refractivity contribution < 1.29 is 5.11 Å². The highest BCUT2D eigenvalue weighted by molar-refractivity contribution is 5.38. The van der Waals surface area contributed by atoms with Crippen LogP contribution in [0.1, 0.15) is 47.5 Å². The van der Waals surface area contributed by atoms with Crippen LogP contribution < -0.4 is 0 Å². The van der Waals surface area contributed by atoms with E-state index in [2.05, 4.69) is 39.0 Å². The molecule has 0 bridgehead atoms. The molecule has 0 aliphatic heterocycles. The van der Waals surface area contributed by atoms with Gasteiger partial charge in [-0.1, -0.05) is 67.5 Å². The van der Waals surface area contributed by atoms with Gasteiger partial charge < -0.3 is 5.11 Å². The van der Waals surface area contributed by atoms with E-state index in [4.69, 9.17) is 5.26 Å². The van der Waals surface area contributed by atoms with Gasteiger partial charge in [-0.15, -0.1) is 0 Å². The summed E-state index contributed by atoms with van der Waals surface area (Å²) in [7, 11) is 0. The maximum Gasteiger partial charge on any atom is 0.0912 e. The van der Waals surface area contributed by atoms with Crippen LogP contribution >= 0.6 is 0 Å². The quantitative estimate of drug-likeness (QED) is 0.531. The van der Waals surface area contributed by atoms with Crippen LogP contribution in [-0.4, -0.2) is 11.2 Å². The van der Waals surface area contributed by atoms with E-state index in [9.17, 15) is 5.11 Å². The molecular weight excluding hydrogens is 294 g/mol. The molecule has 0 fully saturated rings. The van der Waals surface area contributed by atoms with Crippen LogP contribution in [0.25, 0.3) is 0 Å². The summed E-state index contributed by atoms with van der Waals surface area (Å²) in [5.74, 6) is 0. The molecule has 0 heterocycles. The Kier molecular flexibility index (Phi) is 7.68. The van der Waals surface area contributed by atoms with Crippen molar-refractivity contribution in [1.82, 2.24) is 0 Å². The number of hydrogen-bond donors (Lipinski definition) is 1. The van der Waals surface area contributed by atoms with Crippen molar-refractivity contribution in [2.45, 2.75) is 53.6 Å². The fourth-order valence-corrected chi connectivity index (χ4v) is 2.84. The molecule has 1 unspecified atom stereocenters. The third-order valence-electron chi connectivity index (χ3n) is 4.46. The number of rotatable bonds is 5. The highest BCUT2D eigenvalue weighted by atomic mass is 16.3. The van der Waals surface area contributed by atoms with Gasteiger partial charge in [0.2, 0.25) is 0 Å². The zero-order chi connectivity index (χ0) is 18.2. The van der Waals surface area contributed by atoms with Gasteiger partial charge >= 0.3 is 0 Å². The molecule has 0 saturated heterocycles. The standard InChI is InChI=1S/C22H29NO/c1-17(9-6-7-16-23)10-8-11-18(2)12-13-20-19(3)21(24)14-15-22(20,4)5/h6-13,21,24H,14-15H2,1-5H3/b7-6+,10-8+,13-12+,17-9+,18-11+. The number of aliphatic hydroxyl groups excluding tert-OH is 1. The predicted molar refractivity (Wildman–Crippen MR) is 102 cm³/mol. The molecule has 0 aromatic carbocycles. The minimum atomic E-state index is -0.309. The highest BCUT2D eigenvalue weighted by Gasteiger charge is 2.30. The fraction of sp³-hybridized carbons (Fsp3) is 0.409. The molecule has 1 N–H and O–H groups in total. The molecule has 0 amide bonds. The average molecular weight is 323 g/mol. The van der Waals surface area contributed by atoms with E-state index < -0.39 is 0 Å². The fourth-order valence-electron chi connectivity index (χ4n) is 2.84. The smallest absolute Gasteiger partial charge is 0.0912 e. The molecule has 2 heteroatoms. The number of nitrogens with zero attached hydrogens (tertiary/aromatic N) is 1. The number of allylic oxidation sites excluding steroid dienone is 11. The lowest BCUT2D eigenvalue weighted by Crippen LogP contribution is -2.27. The van der Waals surface area contributed by atoms with Crippen LogP contribution in [0, 0.1) is 16.7 Å². The lowest BCUT2D eigenvalue weighted by Gasteiger charge is -2.35. The molecule has 0 aromatic heterocycles. The number of aliphatic hydroxyl groups is 1. The van der Waals surface area contributed by atoms with Crippen LogP contribution in [0.2, 0.25) is 0 Å². The minimum Gasteiger partial charge on any atom is -0.389 e. The lowest BCUT2D eigenvalue weighted by molar-refractivity contribution is 0.163. The van der Waals surface area contributed by atoms with Crippen molar-refractivity contribution >= 4 is 0 Å². The highest BCUT2D eigenvalue weighted by Crippen LogP contribution is 2.40. The van der Waals surface area contributed by atoms with Gasteiger partial charge in [0.25, 0.3) is 0 Å². The Hall–Kier alpha value is -2.11. The van der Waals surface area contributed by atoms with Crippen molar-refractivity contribution in [3.05, 3.63) is 70.9 Å². The van der Waals surface area contributed by atoms with E-state index in [1.54, 1.807) is 6.08 Å².